The third-order valence-corrected chi connectivity index (χ3v) is 3.87. The molecule has 0 amide bonds. The molecular formula is C17H27NO3. The molecule has 1 N–H and O–H groups in total. The lowest BCUT2D eigenvalue weighted by Gasteiger charge is -2.26. The summed E-state index contributed by atoms with van der Waals surface area (Å²) in [6, 6.07) is 7.90. The molecule has 1 aliphatic heterocycles. The van der Waals surface area contributed by atoms with E-state index < -0.39 is 6.10 Å². The minimum Gasteiger partial charge on any atom is -0.491 e. The summed E-state index contributed by atoms with van der Waals surface area (Å²) in [5.41, 5.74) is 1.21. The summed E-state index contributed by atoms with van der Waals surface area (Å²) in [5.74, 6) is 0.807. The zero-order valence-corrected chi connectivity index (χ0v) is 13.1. The molecule has 1 saturated heterocycles. The Morgan fingerprint density at radius 1 is 1.38 bits per heavy atom. The normalized spacial score (nSPS) is 19.9. The highest BCUT2D eigenvalue weighted by Crippen LogP contribution is 2.14. The predicted molar refractivity (Wildman–Crippen MR) is 83.8 cm³/mol. The van der Waals surface area contributed by atoms with Gasteiger partial charge in [0.15, 0.2) is 0 Å². The zero-order valence-electron chi connectivity index (χ0n) is 13.1. The van der Waals surface area contributed by atoms with Gasteiger partial charge in [0.25, 0.3) is 0 Å². The first-order valence-electron chi connectivity index (χ1n) is 7.89. The van der Waals surface area contributed by atoms with Gasteiger partial charge in [-0.25, -0.2) is 0 Å². The van der Waals surface area contributed by atoms with Crippen LogP contribution in [0.5, 0.6) is 5.75 Å². The van der Waals surface area contributed by atoms with Gasteiger partial charge in [0, 0.05) is 19.7 Å². The van der Waals surface area contributed by atoms with E-state index in [4.69, 9.17) is 9.47 Å². The number of hydrogen-bond acceptors (Lipinski definition) is 4. The molecule has 2 unspecified atom stereocenters. The van der Waals surface area contributed by atoms with Gasteiger partial charge in [-0.05, 0) is 38.4 Å². The number of rotatable bonds is 8. The number of aryl methyl sites for hydroxylation is 1. The fourth-order valence-electron chi connectivity index (χ4n) is 2.59. The summed E-state index contributed by atoms with van der Waals surface area (Å²) in [7, 11) is 0. The Labute approximate surface area is 127 Å². The fraction of sp³-hybridized carbons (Fsp3) is 0.647. The summed E-state index contributed by atoms with van der Waals surface area (Å²) in [4.78, 5) is 2.24. The second-order valence-electron chi connectivity index (χ2n) is 5.77. The van der Waals surface area contributed by atoms with Crippen LogP contribution in [-0.4, -0.2) is 55.1 Å². The van der Waals surface area contributed by atoms with Crippen molar-refractivity contribution in [2.45, 2.75) is 38.9 Å². The lowest BCUT2D eigenvalue weighted by molar-refractivity contribution is 0.0365. The number of nitrogens with zero attached hydrogens (tertiary/aromatic N) is 1. The largest absolute Gasteiger partial charge is 0.491 e. The van der Waals surface area contributed by atoms with Crippen LogP contribution in [-0.2, 0) is 4.74 Å². The van der Waals surface area contributed by atoms with Crippen LogP contribution in [0.3, 0.4) is 0 Å². The van der Waals surface area contributed by atoms with Crippen LogP contribution in [0.25, 0.3) is 0 Å². The third-order valence-electron chi connectivity index (χ3n) is 3.87. The van der Waals surface area contributed by atoms with E-state index >= 15 is 0 Å². The van der Waals surface area contributed by atoms with Crippen molar-refractivity contribution in [3.05, 3.63) is 29.8 Å². The lowest BCUT2D eigenvalue weighted by atomic mass is 10.2. The van der Waals surface area contributed by atoms with Gasteiger partial charge >= 0.3 is 0 Å². The van der Waals surface area contributed by atoms with E-state index in [9.17, 15) is 5.11 Å². The first-order chi connectivity index (χ1) is 10.2. The fourth-order valence-corrected chi connectivity index (χ4v) is 2.59. The molecule has 1 fully saturated rings. The molecule has 0 aliphatic carbocycles. The van der Waals surface area contributed by atoms with Gasteiger partial charge in [-0.3, -0.25) is 4.90 Å². The highest BCUT2D eigenvalue weighted by molar-refractivity contribution is 5.26. The first kappa shape index (κ1) is 16.3. The Morgan fingerprint density at radius 2 is 2.14 bits per heavy atom. The topological polar surface area (TPSA) is 41.9 Å². The van der Waals surface area contributed by atoms with Crippen LogP contribution in [0.4, 0.5) is 0 Å². The number of benzene rings is 1. The molecule has 118 valence electrons. The molecule has 21 heavy (non-hydrogen) atoms. The Morgan fingerprint density at radius 3 is 2.76 bits per heavy atom. The van der Waals surface area contributed by atoms with E-state index in [1.165, 1.54) is 5.56 Å². The SMILES string of the molecule is CCN(CC(O)COc1ccc(C)cc1)CC1CCCO1. The van der Waals surface area contributed by atoms with Crippen LogP contribution in [0.15, 0.2) is 24.3 Å². The minimum absolute atomic E-state index is 0.324. The van der Waals surface area contributed by atoms with Gasteiger partial charge in [0.05, 0.1) is 6.10 Å². The Kier molecular flexibility index (Phi) is 6.49. The van der Waals surface area contributed by atoms with Crippen LogP contribution >= 0.6 is 0 Å². The molecular weight excluding hydrogens is 266 g/mol. The van der Waals surface area contributed by atoms with Crippen LogP contribution < -0.4 is 4.74 Å². The molecule has 4 heteroatoms. The predicted octanol–water partition coefficient (Wildman–Crippen LogP) is 2.24. The summed E-state index contributed by atoms with van der Waals surface area (Å²) < 4.78 is 11.3. The Balaban J connectivity index is 1.71. The van der Waals surface area contributed by atoms with Gasteiger partial charge in [-0.1, -0.05) is 24.6 Å². The van der Waals surface area contributed by atoms with Crippen molar-refractivity contribution in [3.8, 4) is 5.75 Å². The number of aliphatic hydroxyl groups is 1. The molecule has 0 bridgehead atoms. The van der Waals surface area contributed by atoms with E-state index in [1.807, 2.05) is 31.2 Å². The maximum absolute atomic E-state index is 10.1. The van der Waals surface area contributed by atoms with Gasteiger partial charge in [-0.15, -0.1) is 0 Å². The standard InChI is InChI=1S/C17H27NO3/c1-3-18(12-17-5-4-10-20-17)11-15(19)13-21-16-8-6-14(2)7-9-16/h6-9,15,17,19H,3-5,10-13H2,1-2H3. The summed E-state index contributed by atoms with van der Waals surface area (Å²) >= 11 is 0. The van der Waals surface area contributed by atoms with E-state index in [0.29, 0.717) is 19.3 Å². The number of aliphatic hydroxyl groups excluding tert-OH is 1. The number of ether oxygens (including phenoxy) is 2. The molecule has 0 saturated carbocycles. The maximum Gasteiger partial charge on any atom is 0.119 e. The molecule has 0 aromatic heterocycles. The Hall–Kier alpha value is -1.10. The van der Waals surface area contributed by atoms with E-state index in [2.05, 4.69) is 11.8 Å². The monoisotopic (exact) mass is 293 g/mol. The highest BCUT2D eigenvalue weighted by atomic mass is 16.5. The molecule has 1 heterocycles. The van der Waals surface area contributed by atoms with Crippen LogP contribution in [0, 0.1) is 6.92 Å². The molecule has 4 nitrogen and oxygen atoms in total. The van der Waals surface area contributed by atoms with Crippen molar-refractivity contribution in [2.24, 2.45) is 0 Å². The van der Waals surface area contributed by atoms with Gasteiger partial charge in [0.1, 0.15) is 18.5 Å². The summed E-state index contributed by atoms with van der Waals surface area (Å²) in [6.45, 7) is 7.81. The second kappa shape index (κ2) is 8.37. The van der Waals surface area contributed by atoms with Crippen molar-refractivity contribution in [2.75, 3.05) is 32.8 Å². The van der Waals surface area contributed by atoms with Crippen molar-refractivity contribution >= 4 is 0 Å². The van der Waals surface area contributed by atoms with Gasteiger partial charge < -0.3 is 14.6 Å². The molecule has 1 aliphatic rings. The third kappa shape index (κ3) is 5.65. The quantitative estimate of drug-likeness (QED) is 0.798. The Bertz CT molecular complexity index is 401. The molecule has 2 atom stereocenters. The number of hydrogen-bond donors (Lipinski definition) is 1. The molecule has 0 spiro atoms. The minimum atomic E-state index is -0.479. The average Bonchev–Trinajstić information content (AvgIpc) is 2.99. The van der Waals surface area contributed by atoms with Gasteiger partial charge in [0.2, 0.25) is 0 Å². The molecule has 2 rings (SSSR count). The smallest absolute Gasteiger partial charge is 0.119 e. The maximum atomic E-state index is 10.1. The van der Waals surface area contributed by atoms with Crippen molar-refractivity contribution in [3.63, 3.8) is 0 Å². The van der Waals surface area contributed by atoms with E-state index in [1.54, 1.807) is 0 Å². The number of likely N-dealkylation sites (N-methyl/N-ethyl adjacent to an activating group) is 1. The van der Waals surface area contributed by atoms with Crippen molar-refractivity contribution in [1.29, 1.82) is 0 Å². The van der Waals surface area contributed by atoms with E-state index in [0.717, 1.165) is 38.3 Å². The lowest BCUT2D eigenvalue weighted by Crippen LogP contribution is -2.39. The van der Waals surface area contributed by atoms with Crippen molar-refractivity contribution in [1.82, 2.24) is 4.90 Å². The summed E-state index contributed by atoms with van der Waals surface area (Å²) in [6.07, 6.45) is 2.14. The van der Waals surface area contributed by atoms with Crippen LogP contribution in [0.1, 0.15) is 25.3 Å². The zero-order chi connectivity index (χ0) is 15.1. The van der Waals surface area contributed by atoms with Gasteiger partial charge in [-0.2, -0.15) is 0 Å². The molecule has 1 aromatic rings. The highest BCUT2D eigenvalue weighted by Gasteiger charge is 2.20. The van der Waals surface area contributed by atoms with Crippen molar-refractivity contribution < 1.29 is 14.6 Å². The van der Waals surface area contributed by atoms with Crippen LogP contribution in [0.2, 0.25) is 0 Å². The first-order valence-corrected chi connectivity index (χ1v) is 7.89. The molecule has 0 radical (unpaired) electrons. The average molecular weight is 293 g/mol. The second-order valence-corrected chi connectivity index (χ2v) is 5.77. The molecule has 1 aromatic carbocycles. The summed E-state index contributed by atoms with van der Waals surface area (Å²) in [5, 5.41) is 10.1. The van der Waals surface area contributed by atoms with E-state index in [-0.39, 0.29) is 0 Å².